The first kappa shape index (κ1) is 10.3. The molecule has 1 unspecified atom stereocenters. The lowest BCUT2D eigenvalue weighted by molar-refractivity contribution is 0.197. The Kier molecular flexibility index (Phi) is 2.77. The number of halogens is 1. The summed E-state index contributed by atoms with van der Waals surface area (Å²) in [5, 5.41) is 8.97. The van der Waals surface area contributed by atoms with Crippen LogP contribution in [0.4, 0.5) is 4.39 Å². The van der Waals surface area contributed by atoms with E-state index in [1.807, 2.05) is 0 Å². The van der Waals surface area contributed by atoms with Gasteiger partial charge >= 0.3 is 7.60 Å². The average molecular weight is 207 g/mol. The van der Waals surface area contributed by atoms with E-state index in [9.17, 15) is 8.96 Å². The molecule has 0 aromatic carbocycles. The molecule has 1 atom stereocenters. The maximum absolute atomic E-state index is 12.8. The predicted molar refractivity (Wildman–Crippen MR) is 41.2 cm³/mol. The molecule has 0 spiro atoms. The van der Waals surface area contributed by atoms with Crippen LogP contribution in [-0.2, 0) is 4.57 Å². The second-order valence-corrected chi connectivity index (χ2v) is 4.00. The van der Waals surface area contributed by atoms with Gasteiger partial charge in [-0.3, -0.25) is 9.55 Å². The number of pyridine rings is 1. The van der Waals surface area contributed by atoms with E-state index in [-0.39, 0.29) is 0 Å². The third kappa shape index (κ3) is 2.32. The van der Waals surface area contributed by atoms with Gasteiger partial charge in [0, 0.05) is 6.20 Å². The highest BCUT2D eigenvalue weighted by Crippen LogP contribution is 2.49. The molecule has 0 saturated carbocycles. The molecule has 5 nitrogen and oxygen atoms in total. The second kappa shape index (κ2) is 3.51. The third-order valence-electron chi connectivity index (χ3n) is 1.35. The SMILES string of the molecule is O=P(O)(O)C(O)c1ncccc1F. The van der Waals surface area contributed by atoms with Gasteiger partial charge < -0.3 is 14.9 Å². The summed E-state index contributed by atoms with van der Waals surface area (Å²) in [4.78, 5) is 20.4. The van der Waals surface area contributed by atoms with Crippen LogP contribution in [0.5, 0.6) is 0 Å². The van der Waals surface area contributed by atoms with Gasteiger partial charge in [-0.15, -0.1) is 0 Å². The Balaban J connectivity index is 3.09. The lowest BCUT2D eigenvalue weighted by Crippen LogP contribution is -2.03. The lowest BCUT2D eigenvalue weighted by atomic mass is 10.3. The molecule has 0 bridgehead atoms. The number of hydrogen-bond acceptors (Lipinski definition) is 3. The van der Waals surface area contributed by atoms with Crippen molar-refractivity contribution in [1.82, 2.24) is 4.98 Å². The smallest absolute Gasteiger partial charge is 0.360 e. The van der Waals surface area contributed by atoms with Crippen molar-refractivity contribution in [2.75, 3.05) is 0 Å². The Hall–Kier alpha value is -0.810. The number of rotatable bonds is 2. The molecule has 0 saturated heterocycles. The topological polar surface area (TPSA) is 90.7 Å². The zero-order valence-corrected chi connectivity index (χ0v) is 7.23. The molecule has 0 aliphatic carbocycles. The summed E-state index contributed by atoms with van der Waals surface area (Å²) < 4.78 is 23.3. The highest BCUT2D eigenvalue weighted by Gasteiger charge is 2.31. The molecule has 72 valence electrons. The van der Waals surface area contributed by atoms with Crippen LogP contribution in [0.3, 0.4) is 0 Å². The van der Waals surface area contributed by atoms with E-state index in [1.165, 1.54) is 6.07 Å². The number of aliphatic hydroxyl groups excluding tert-OH is 1. The molecule has 0 radical (unpaired) electrons. The molecule has 1 heterocycles. The fraction of sp³-hybridized carbons (Fsp3) is 0.167. The minimum Gasteiger partial charge on any atom is -0.375 e. The van der Waals surface area contributed by atoms with Gasteiger partial charge in [-0.2, -0.15) is 0 Å². The predicted octanol–water partition coefficient (Wildman–Crippen LogP) is 0.389. The maximum Gasteiger partial charge on any atom is 0.360 e. The summed E-state index contributed by atoms with van der Waals surface area (Å²) in [5.41, 5.74) is -0.643. The van der Waals surface area contributed by atoms with Crippen molar-refractivity contribution in [3.8, 4) is 0 Å². The maximum atomic E-state index is 12.8. The average Bonchev–Trinajstić information content (AvgIpc) is 2.02. The third-order valence-corrected chi connectivity index (χ3v) is 2.23. The van der Waals surface area contributed by atoms with Crippen molar-refractivity contribution in [3.63, 3.8) is 0 Å². The Morgan fingerprint density at radius 2 is 2.15 bits per heavy atom. The van der Waals surface area contributed by atoms with Crippen LogP contribution in [0.1, 0.15) is 11.5 Å². The molecule has 3 N–H and O–H groups in total. The highest BCUT2D eigenvalue weighted by molar-refractivity contribution is 7.51. The Labute approximate surface area is 73.0 Å². The van der Waals surface area contributed by atoms with Crippen molar-refractivity contribution in [1.29, 1.82) is 0 Å². The second-order valence-electron chi connectivity index (χ2n) is 2.33. The molecule has 13 heavy (non-hydrogen) atoms. The number of hydrogen-bond donors (Lipinski definition) is 3. The Morgan fingerprint density at radius 3 is 2.62 bits per heavy atom. The van der Waals surface area contributed by atoms with Crippen molar-refractivity contribution in [2.24, 2.45) is 0 Å². The molecule has 0 fully saturated rings. The van der Waals surface area contributed by atoms with E-state index < -0.39 is 25.0 Å². The fourth-order valence-corrected chi connectivity index (χ4v) is 1.26. The zero-order valence-electron chi connectivity index (χ0n) is 6.33. The first-order valence-electron chi connectivity index (χ1n) is 3.26. The van der Waals surface area contributed by atoms with Gasteiger partial charge in [-0.1, -0.05) is 0 Å². The van der Waals surface area contributed by atoms with Gasteiger partial charge in [-0.25, -0.2) is 4.39 Å². The Morgan fingerprint density at radius 1 is 1.54 bits per heavy atom. The van der Waals surface area contributed by atoms with Crippen LogP contribution in [0, 0.1) is 5.82 Å². The van der Waals surface area contributed by atoms with E-state index in [2.05, 4.69) is 4.98 Å². The summed E-state index contributed by atoms with van der Waals surface area (Å²) in [6, 6.07) is 2.21. The van der Waals surface area contributed by atoms with Crippen LogP contribution in [0.15, 0.2) is 18.3 Å². The number of aliphatic hydroxyl groups is 1. The molecule has 7 heteroatoms. The summed E-state index contributed by atoms with van der Waals surface area (Å²) in [5.74, 6) is -3.15. The van der Waals surface area contributed by atoms with Crippen molar-refractivity contribution >= 4 is 7.60 Å². The van der Waals surface area contributed by atoms with E-state index in [4.69, 9.17) is 14.9 Å². The summed E-state index contributed by atoms with van der Waals surface area (Å²) in [7, 11) is -4.75. The summed E-state index contributed by atoms with van der Waals surface area (Å²) >= 11 is 0. The first-order chi connectivity index (χ1) is 5.93. The van der Waals surface area contributed by atoms with Crippen molar-refractivity contribution < 1.29 is 23.8 Å². The largest absolute Gasteiger partial charge is 0.375 e. The lowest BCUT2D eigenvalue weighted by Gasteiger charge is -2.11. The molecule has 1 aromatic heterocycles. The van der Waals surface area contributed by atoms with E-state index in [1.54, 1.807) is 0 Å². The van der Waals surface area contributed by atoms with Crippen LogP contribution in [0.2, 0.25) is 0 Å². The normalized spacial score (nSPS) is 14.2. The van der Waals surface area contributed by atoms with Gasteiger partial charge in [0.15, 0.2) is 0 Å². The molecule has 0 aliphatic rings. The standard InChI is InChI=1S/C6H7FNO4P/c7-4-2-1-3-8-5(4)6(9)13(10,11)12/h1-3,6,9H,(H2,10,11,12). The zero-order chi connectivity index (χ0) is 10.1. The molecule has 1 rings (SSSR count). The molecular formula is C6H7FNO4P. The molecule has 0 aliphatic heterocycles. The van der Waals surface area contributed by atoms with Gasteiger partial charge in [0.25, 0.3) is 0 Å². The summed E-state index contributed by atoms with van der Waals surface area (Å²) in [6.07, 6.45) is 1.14. The van der Waals surface area contributed by atoms with Crippen LogP contribution in [0.25, 0.3) is 0 Å². The monoisotopic (exact) mass is 207 g/mol. The molecule has 1 aromatic rings. The van der Waals surface area contributed by atoms with E-state index in [0.717, 1.165) is 12.3 Å². The van der Waals surface area contributed by atoms with Crippen LogP contribution in [-0.4, -0.2) is 19.9 Å². The first-order valence-corrected chi connectivity index (χ1v) is 4.95. The molecular weight excluding hydrogens is 200 g/mol. The van der Waals surface area contributed by atoms with Gasteiger partial charge in [0.05, 0.1) is 0 Å². The quantitative estimate of drug-likeness (QED) is 0.610. The van der Waals surface area contributed by atoms with Crippen LogP contribution < -0.4 is 0 Å². The minimum atomic E-state index is -4.75. The van der Waals surface area contributed by atoms with Crippen molar-refractivity contribution in [3.05, 3.63) is 29.8 Å². The van der Waals surface area contributed by atoms with E-state index >= 15 is 0 Å². The van der Waals surface area contributed by atoms with Gasteiger partial charge in [-0.05, 0) is 12.1 Å². The van der Waals surface area contributed by atoms with Gasteiger partial charge in [0.1, 0.15) is 11.5 Å². The fourth-order valence-electron chi connectivity index (χ4n) is 0.747. The van der Waals surface area contributed by atoms with Crippen molar-refractivity contribution in [2.45, 2.75) is 5.85 Å². The minimum absolute atomic E-state index is 0.643. The summed E-state index contributed by atoms with van der Waals surface area (Å²) in [6.45, 7) is 0. The highest BCUT2D eigenvalue weighted by atomic mass is 31.2. The van der Waals surface area contributed by atoms with E-state index in [0.29, 0.717) is 0 Å². The van der Waals surface area contributed by atoms with Gasteiger partial charge in [0.2, 0.25) is 5.85 Å². The number of aromatic nitrogens is 1. The Bertz CT molecular complexity index is 352. The molecule has 0 amide bonds. The number of nitrogens with zero attached hydrogens (tertiary/aromatic N) is 1. The van der Waals surface area contributed by atoms with Crippen LogP contribution >= 0.6 is 7.60 Å².